The maximum Gasteiger partial charge on any atom is 0.261 e. The molecule has 1 rings (SSSR count). The third-order valence-corrected chi connectivity index (χ3v) is 4.82. The van der Waals surface area contributed by atoms with Crippen LogP contribution in [0.2, 0.25) is 10.0 Å². The lowest BCUT2D eigenvalue weighted by Gasteiger charge is -2.20. The molecule has 0 fully saturated rings. The molecule has 1 amide bonds. The highest BCUT2D eigenvalue weighted by Gasteiger charge is 2.26. The van der Waals surface area contributed by atoms with E-state index in [2.05, 4.69) is 5.32 Å². The highest BCUT2D eigenvalue weighted by molar-refractivity contribution is 8.13. The lowest BCUT2D eigenvalue weighted by atomic mass is 9.95. The highest BCUT2D eigenvalue weighted by atomic mass is 35.7. The van der Waals surface area contributed by atoms with Crippen LogP contribution in [0.25, 0.3) is 0 Å². The van der Waals surface area contributed by atoms with E-state index in [0.29, 0.717) is 0 Å². The van der Waals surface area contributed by atoms with Crippen LogP contribution in [-0.2, 0) is 13.8 Å². The molecule has 0 radical (unpaired) electrons. The van der Waals surface area contributed by atoms with Crippen molar-refractivity contribution in [2.24, 2.45) is 5.41 Å². The first-order chi connectivity index (χ1) is 8.85. The lowest BCUT2D eigenvalue weighted by molar-refractivity contribution is -0.123. The normalized spacial score (nSPS) is 12.3. The van der Waals surface area contributed by atoms with E-state index < -0.39 is 14.5 Å². The van der Waals surface area contributed by atoms with E-state index in [4.69, 9.17) is 33.9 Å². The molecule has 8 heteroatoms. The molecule has 1 aromatic rings. The maximum absolute atomic E-state index is 12.0. The van der Waals surface area contributed by atoms with Gasteiger partial charge < -0.3 is 5.32 Å². The summed E-state index contributed by atoms with van der Waals surface area (Å²) in [5.41, 5.74) is -0.234. The summed E-state index contributed by atoms with van der Waals surface area (Å²) < 4.78 is 22.8. The molecular weight excluding hydrogens is 345 g/mol. The molecule has 0 unspecified atom stereocenters. The number of halogens is 3. The van der Waals surface area contributed by atoms with Crippen molar-refractivity contribution in [3.05, 3.63) is 21.7 Å². The molecule has 0 saturated carbocycles. The zero-order valence-corrected chi connectivity index (χ0v) is 14.4. The minimum Gasteiger partial charge on any atom is -0.323 e. The van der Waals surface area contributed by atoms with Gasteiger partial charge in [0.05, 0.1) is 20.6 Å². The number of amides is 1. The number of rotatable bonds is 2. The number of carbonyl (C=O) groups is 1. The predicted octanol–water partition coefficient (Wildman–Crippen LogP) is 4.21. The Bertz CT molecular complexity index is 664. The van der Waals surface area contributed by atoms with Crippen molar-refractivity contribution in [2.45, 2.75) is 32.6 Å². The number of anilines is 1. The fraction of sp³-hybridized carbons (Fsp3) is 0.417. The third-order valence-electron chi connectivity index (χ3n) is 2.60. The zero-order valence-electron chi connectivity index (χ0n) is 11.3. The monoisotopic (exact) mass is 357 g/mol. The Labute approximate surface area is 132 Å². The second kappa shape index (κ2) is 5.72. The summed E-state index contributed by atoms with van der Waals surface area (Å²) in [6.45, 7) is 6.68. The fourth-order valence-corrected chi connectivity index (χ4v) is 3.24. The van der Waals surface area contributed by atoms with Crippen LogP contribution in [0.15, 0.2) is 11.0 Å². The minimum atomic E-state index is -3.96. The van der Waals surface area contributed by atoms with Gasteiger partial charge in [0.15, 0.2) is 0 Å². The Balaban J connectivity index is 3.40. The van der Waals surface area contributed by atoms with Crippen LogP contribution in [-0.4, -0.2) is 14.3 Å². The van der Waals surface area contributed by atoms with Gasteiger partial charge in [-0.3, -0.25) is 4.79 Å². The molecule has 0 bridgehead atoms. The molecule has 1 aromatic carbocycles. The van der Waals surface area contributed by atoms with Crippen molar-refractivity contribution in [3.8, 4) is 0 Å². The molecule has 0 aromatic heterocycles. The zero-order chi connectivity index (χ0) is 15.9. The van der Waals surface area contributed by atoms with E-state index in [1.807, 2.05) is 0 Å². The van der Waals surface area contributed by atoms with Gasteiger partial charge in [-0.1, -0.05) is 44.0 Å². The van der Waals surface area contributed by atoms with Crippen LogP contribution in [0.4, 0.5) is 5.69 Å². The van der Waals surface area contributed by atoms with E-state index >= 15 is 0 Å². The topological polar surface area (TPSA) is 63.2 Å². The fourth-order valence-electron chi connectivity index (χ4n) is 1.36. The summed E-state index contributed by atoms with van der Waals surface area (Å²) >= 11 is 12.1. The first-order valence-electron chi connectivity index (χ1n) is 5.60. The van der Waals surface area contributed by atoms with Gasteiger partial charge in [-0.2, -0.15) is 0 Å². The Morgan fingerprint density at radius 2 is 1.75 bits per heavy atom. The molecule has 0 aliphatic heterocycles. The summed E-state index contributed by atoms with van der Waals surface area (Å²) in [5, 5.41) is 2.66. The minimum absolute atomic E-state index is 0.0115. The van der Waals surface area contributed by atoms with Crippen molar-refractivity contribution in [3.63, 3.8) is 0 Å². The summed E-state index contributed by atoms with van der Waals surface area (Å²) in [6.07, 6.45) is 0. The Hall–Kier alpha value is -0.490. The van der Waals surface area contributed by atoms with Gasteiger partial charge in [0.25, 0.3) is 9.05 Å². The molecule has 4 nitrogen and oxygen atoms in total. The molecule has 0 heterocycles. The van der Waals surface area contributed by atoms with Crippen LogP contribution in [0.3, 0.4) is 0 Å². The van der Waals surface area contributed by atoms with E-state index in [9.17, 15) is 13.2 Å². The van der Waals surface area contributed by atoms with E-state index in [1.165, 1.54) is 13.0 Å². The van der Waals surface area contributed by atoms with Gasteiger partial charge >= 0.3 is 0 Å². The van der Waals surface area contributed by atoms with E-state index in [-0.39, 0.29) is 32.1 Å². The summed E-state index contributed by atoms with van der Waals surface area (Å²) in [5.74, 6) is -0.290. The number of carbonyl (C=O) groups excluding carboxylic acids is 1. The maximum atomic E-state index is 12.0. The highest BCUT2D eigenvalue weighted by Crippen LogP contribution is 2.38. The van der Waals surface area contributed by atoms with Crippen molar-refractivity contribution in [2.75, 3.05) is 5.32 Å². The first-order valence-corrected chi connectivity index (χ1v) is 8.67. The molecule has 0 aliphatic rings. The summed E-state index contributed by atoms with van der Waals surface area (Å²) in [6, 6.07) is 1.17. The first kappa shape index (κ1) is 17.6. The Kier molecular flexibility index (Phi) is 5.02. The van der Waals surface area contributed by atoms with Crippen molar-refractivity contribution in [1.29, 1.82) is 0 Å². The van der Waals surface area contributed by atoms with Crippen LogP contribution in [0, 0.1) is 12.3 Å². The average Bonchev–Trinajstić information content (AvgIpc) is 2.26. The molecule has 0 atom stereocenters. The number of benzene rings is 1. The Morgan fingerprint density at radius 1 is 1.25 bits per heavy atom. The molecule has 0 saturated heterocycles. The summed E-state index contributed by atoms with van der Waals surface area (Å²) in [7, 11) is 1.34. The standard InChI is InChI=1S/C12H14Cl3NO3S/c1-6-8(20(15,18)19)5-7(13)10(9(6)14)16-11(17)12(2,3)4/h5H,1-4H3,(H,16,17). The van der Waals surface area contributed by atoms with E-state index in [1.54, 1.807) is 20.8 Å². The SMILES string of the molecule is Cc1c(S(=O)(=O)Cl)cc(Cl)c(NC(=O)C(C)(C)C)c1Cl. The second-order valence-corrected chi connectivity index (χ2v) is 8.63. The van der Waals surface area contributed by atoms with E-state index in [0.717, 1.165) is 0 Å². The quantitative estimate of drug-likeness (QED) is 0.805. The molecule has 112 valence electrons. The van der Waals surface area contributed by atoms with Crippen LogP contribution >= 0.6 is 33.9 Å². The van der Waals surface area contributed by atoms with Crippen molar-refractivity contribution in [1.82, 2.24) is 0 Å². The van der Waals surface area contributed by atoms with Crippen LogP contribution in [0.1, 0.15) is 26.3 Å². The molecule has 0 spiro atoms. The predicted molar refractivity (Wildman–Crippen MR) is 82.3 cm³/mol. The number of nitrogens with one attached hydrogen (secondary N) is 1. The average molecular weight is 359 g/mol. The molecule has 0 aliphatic carbocycles. The smallest absolute Gasteiger partial charge is 0.261 e. The largest absolute Gasteiger partial charge is 0.323 e. The van der Waals surface area contributed by atoms with Crippen molar-refractivity contribution < 1.29 is 13.2 Å². The van der Waals surface area contributed by atoms with Gasteiger partial charge in [-0.25, -0.2) is 8.42 Å². The van der Waals surface area contributed by atoms with Gasteiger partial charge in [0.2, 0.25) is 5.91 Å². The summed E-state index contributed by atoms with van der Waals surface area (Å²) in [4.78, 5) is 11.8. The lowest BCUT2D eigenvalue weighted by Crippen LogP contribution is -2.28. The third kappa shape index (κ3) is 3.79. The molecule has 1 N–H and O–H groups in total. The molecular formula is C12H14Cl3NO3S. The van der Waals surface area contributed by atoms with Gasteiger partial charge in [0.1, 0.15) is 0 Å². The molecule has 20 heavy (non-hydrogen) atoms. The Morgan fingerprint density at radius 3 is 2.15 bits per heavy atom. The number of hydrogen-bond acceptors (Lipinski definition) is 3. The van der Waals surface area contributed by atoms with Gasteiger partial charge in [0, 0.05) is 16.1 Å². The van der Waals surface area contributed by atoms with Crippen LogP contribution in [0.5, 0.6) is 0 Å². The van der Waals surface area contributed by atoms with Gasteiger partial charge in [-0.05, 0) is 18.6 Å². The number of hydrogen-bond donors (Lipinski definition) is 1. The van der Waals surface area contributed by atoms with Crippen LogP contribution < -0.4 is 5.32 Å². The van der Waals surface area contributed by atoms with Gasteiger partial charge in [-0.15, -0.1) is 0 Å². The van der Waals surface area contributed by atoms with Crippen molar-refractivity contribution >= 4 is 54.5 Å². The second-order valence-electron chi connectivity index (χ2n) is 5.31.